The van der Waals surface area contributed by atoms with Gasteiger partial charge < -0.3 is 10.2 Å². The van der Waals surface area contributed by atoms with Crippen molar-refractivity contribution >= 4 is 11.9 Å². The number of aliphatic carboxylic acids is 2. The number of carboxylic acid groups (broad SMARTS) is 2. The SMILES string of the molecule is CCCC(CC)CCC(CCCC(=O)O)(CCC(CC)CCC)C(=O)O. The topological polar surface area (TPSA) is 74.6 Å². The Kier molecular flexibility index (Phi) is 13.5. The molecule has 2 atom stereocenters. The van der Waals surface area contributed by atoms with Crippen molar-refractivity contribution in [3.05, 3.63) is 0 Å². The van der Waals surface area contributed by atoms with Gasteiger partial charge in [0.1, 0.15) is 0 Å². The molecule has 0 spiro atoms. The first-order valence-electron chi connectivity index (χ1n) is 10.8. The number of hydrogen-bond acceptors (Lipinski definition) is 2. The Bertz CT molecular complexity index is 374. The number of hydrogen-bond donors (Lipinski definition) is 2. The maximum Gasteiger partial charge on any atom is 0.309 e. The van der Waals surface area contributed by atoms with E-state index in [4.69, 9.17) is 5.11 Å². The van der Waals surface area contributed by atoms with Crippen molar-refractivity contribution in [2.75, 3.05) is 0 Å². The summed E-state index contributed by atoms with van der Waals surface area (Å²) >= 11 is 0. The van der Waals surface area contributed by atoms with Crippen molar-refractivity contribution in [2.24, 2.45) is 17.3 Å². The lowest BCUT2D eigenvalue weighted by molar-refractivity contribution is -0.151. The second-order valence-electron chi connectivity index (χ2n) is 8.04. The largest absolute Gasteiger partial charge is 0.481 e. The van der Waals surface area contributed by atoms with Gasteiger partial charge >= 0.3 is 11.9 Å². The first kappa shape index (κ1) is 24.9. The molecule has 0 saturated carbocycles. The molecule has 154 valence electrons. The summed E-state index contributed by atoms with van der Waals surface area (Å²) in [5, 5.41) is 19.0. The van der Waals surface area contributed by atoms with Crippen LogP contribution in [0.3, 0.4) is 0 Å². The van der Waals surface area contributed by atoms with Crippen LogP contribution in [0.1, 0.15) is 111 Å². The van der Waals surface area contributed by atoms with Crippen molar-refractivity contribution in [3.63, 3.8) is 0 Å². The third-order valence-electron chi connectivity index (χ3n) is 6.11. The molecule has 0 aliphatic rings. The van der Waals surface area contributed by atoms with E-state index in [1.54, 1.807) is 0 Å². The van der Waals surface area contributed by atoms with Crippen molar-refractivity contribution in [3.8, 4) is 0 Å². The molecule has 0 bridgehead atoms. The van der Waals surface area contributed by atoms with Crippen LogP contribution in [0.2, 0.25) is 0 Å². The highest BCUT2D eigenvalue weighted by Gasteiger charge is 2.38. The number of carboxylic acids is 2. The van der Waals surface area contributed by atoms with Crippen LogP contribution in [0.5, 0.6) is 0 Å². The summed E-state index contributed by atoms with van der Waals surface area (Å²) < 4.78 is 0. The predicted octanol–water partition coefficient (Wildman–Crippen LogP) is 6.53. The average molecular weight is 371 g/mol. The molecular formula is C22H42O4. The molecule has 4 heteroatoms. The average Bonchev–Trinajstić information content (AvgIpc) is 2.60. The van der Waals surface area contributed by atoms with Gasteiger partial charge in [-0.15, -0.1) is 0 Å². The second kappa shape index (κ2) is 14.1. The van der Waals surface area contributed by atoms with E-state index in [-0.39, 0.29) is 6.42 Å². The van der Waals surface area contributed by atoms with Crippen LogP contribution in [0.15, 0.2) is 0 Å². The number of carbonyl (C=O) groups is 2. The molecule has 0 aromatic heterocycles. The summed E-state index contributed by atoms with van der Waals surface area (Å²) in [5.74, 6) is -0.397. The molecule has 0 radical (unpaired) electrons. The van der Waals surface area contributed by atoms with Gasteiger partial charge in [0.25, 0.3) is 0 Å². The zero-order valence-corrected chi connectivity index (χ0v) is 17.6. The maximum atomic E-state index is 12.3. The zero-order valence-electron chi connectivity index (χ0n) is 17.6. The lowest BCUT2D eigenvalue weighted by atomic mass is 9.71. The molecule has 0 rings (SSSR count). The molecule has 0 aromatic carbocycles. The highest BCUT2D eigenvalue weighted by molar-refractivity contribution is 5.74. The highest BCUT2D eigenvalue weighted by atomic mass is 16.4. The van der Waals surface area contributed by atoms with Crippen molar-refractivity contribution in [1.82, 2.24) is 0 Å². The summed E-state index contributed by atoms with van der Waals surface area (Å²) in [6.45, 7) is 8.72. The first-order chi connectivity index (χ1) is 12.3. The van der Waals surface area contributed by atoms with Gasteiger partial charge in [-0.25, -0.2) is 0 Å². The van der Waals surface area contributed by atoms with Crippen LogP contribution < -0.4 is 0 Å². The Hall–Kier alpha value is -1.06. The number of rotatable bonds is 17. The summed E-state index contributed by atoms with van der Waals surface area (Å²) in [4.78, 5) is 23.2. The summed E-state index contributed by atoms with van der Waals surface area (Å²) in [6, 6.07) is 0. The molecule has 0 aliphatic heterocycles. The normalized spacial score (nSPS) is 16.0. The van der Waals surface area contributed by atoms with E-state index in [9.17, 15) is 14.7 Å². The Labute approximate surface area is 160 Å². The smallest absolute Gasteiger partial charge is 0.309 e. The van der Waals surface area contributed by atoms with Crippen molar-refractivity contribution in [2.45, 2.75) is 111 Å². The summed E-state index contributed by atoms with van der Waals surface area (Å²) in [5.41, 5.74) is -0.752. The third kappa shape index (κ3) is 9.59. The van der Waals surface area contributed by atoms with Gasteiger partial charge in [0, 0.05) is 6.42 Å². The van der Waals surface area contributed by atoms with Gasteiger partial charge in [0.15, 0.2) is 0 Å². The van der Waals surface area contributed by atoms with Crippen LogP contribution in [0.25, 0.3) is 0 Å². The molecule has 0 aliphatic carbocycles. The van der Waals surface area contributed by atoms with E-state index in [1.165, 1.54) is 0 Å². The Balaban J connectivity index is 5.14. The molecule has 2 unspecified atom stereocenters. The molecule has 0 saturated heterocycles. The van der Waals surface area contributed by atoms with Crippen molar-refractivity contribution < 1.29 is 19.8 Å². The summed E-state index contributed by atoms with van der Waals surface area (Å²) in [7, 11) is 0. The van der Waals surface area contributed by atoms with Crippen molar-refractivity contribution in [1.29, 1.82) is 0 Å². The van der Waals surface area contributed by atoms with Gasteiger partial charge in [-0.3, -0.25) is 9.59 Å². The molecule has 4 nitrogen and oxygen atoms in total. The minimum absolute atomic E-state index is 0.0629. The highest BCUT2D eigenvalue weighted by Crippen LogP contribution is 2.40. The first-order valence-corrected chi connectivity index (χ1v) is 10.8. The Morgan fingerprint density at radius 1 is 0.769 bits per heavy atom. The molecule has 0 fully saturated rings. The Morgan fingerprint density at radius 2 is 1.23 bits per heavy atom. The fourth-order valence-electron chi connectivity index (χ4n) is 4.16. The van der Waals surface area contributed by atoms with E-state index in [0.29, 0.717) is 37.5 Å². The molecule has 0 aromatic rings. The minimum Gasteiger partial charge on any atom is -0.481 e. The summed E-state index contributed by atoms with van der Waals surface area (Å²) in [6.07, 6.45) is 11.0. The fourth-order valence-corrected chi connectivity index (χ4v) is 4.16. The lowest BCUT2D eigenvalue weighted by Crippen LogP contribution is -2.33. The van der Waals surface area contributed by atoms with Crippen LogP contribution in [-0.4, -0.2) is 22.2 Å². The van der Waals surface area contributed by atoms with E-state index >= 15 is 0 Å². The van der Waals surface area contributed by atoms with E-state index in [0.717, 1.165) is 51.4 Å². The molecule has 0 amide bonds. The quantitative estimate of drug-likeness (QED) is 0.305. The van der Waals surface area contributed by atoms with Crippen LogP contribution >= 0.6 is 0 Å². The van der Waals surface area contributed by atoms with Gasteiger partial charge in [0.2, 0.25) is 0 Å². The van der Waals surface area contributed by atoms with Gasteiger partial charge in [-0.2, -0.15) is 0 Å². The zero-order chi connectivity index (χ0) is 20.0. The molecular weight excluding hydrogens is 328 g/mol. The fraction of sp³-hybridized carbons (Fsp3) is 0.909. The van der Waals surface area contributed by atoms with Gasteiger partial charge in [-0.05, 0) is 50.4 Å². The minimum atomic E-state index is -0.834. The van der Waals surface area contributed by atoms with Crippen LogP contribution in [0.4, 0.5) is 0 Å². The lowest BCUT2D eigenvalue weighted by Gasteiger charge is -2.32. The van der Waals surface area contributed by atoms with E-state index < -0.39 is 17.4 Å². The molecule has 26 heavy (non-hydrogen) atoms. The van der Waals surface area contributed by atoms with E-state index in [2.05, 4.69) is 27.7 Å². The van der Waals surface area contributed by atoms with Gasteiger partial charge in [-0.1, -0.05) is 66.2 Å². The predicted molar refractivity (Wildman–Crippen MR) is 107 cm³/mol. The van der Waals surface area contributed by atoms with Crippen LogP contribution in [-0.2, 0) is 9.59 Å². The maximum absolute atomic E-state index is 12.3. The molecule has 2 N–H and O–H groups in total. The van der Waals surface area contributed by atoms with Crippen LogP contribution in [0, 0.1) is 17.3 Å². The van der Waals surface area contributed by atoms with E-state index in [1.807, 2.05) is 0 Å². The Morgan fingerprint density at radius 3 is 1.54 bits per heavy atom. The monoisotopic (exact) mass is 370 g/mol. The standard InChI is InChI=1S/C22H42O4/c1-5-10-18(7-3)13-16-22(21(25)26,15-9-12-20(23)24)17-14-19(8-4)11-6-2/h18-19H,5-17H2,1-4H3,(H,23,24)(H,25,26). The molecule has 0 heterocycles. The third-order valence-corrected chi connectivity index (χ3v) is 6.11. The van der Waals surface area contributed by atoms with Gasteiger partial charge in [0.05, 0.1) is 5.41 Å². The second-order valence-corrected chi connectivity index (χ2v) is 8.04.